The molecule has 0 spiro atoms. The van der Waals surface area contributed by atoms with Crippen molar-refractivity contribution in [3.05, 3.63) is 71.8 Å². The van der Waals surface area contributed by atoms with E-state index in [1.54, 1.807) is 65.8 Å². The first-order valence-corrected chi connectivity index (χ1v) is 26.4. The van der Waals surface area contributed by atoms with Gasteiger partial charge < -0.3 is 73.6 Å². The van der Waals surface area contributed by atoms with E-state index in [1.807, 2.05) is 36.4 Å². The molecule has 0 aliphatic rings. The number of carbonyl (C=O) groups is 10. The average molecular weight is 1240 g/mol. The number of esters is 5. The highest BCUT2D eigenvalue weighted by Crippen LogP contribution is 2.15. The molecule has 0 aromatic heterocycles. The molecule has 4 amide bonds. The summed E-state index contributed by atoms with van der Waals surface area (Å²) in [5.74, 6) is -7.28. The van der Waals surface area contributed by atoms with E-state index < -0.39 is 88.9 Å². The number of aliphatic carboxylic acids is 1. The molecule has 0 heterocycles. The maximum Gasteiger partial charge on any atom is 0.431 e. The van der Waals surface area contributed by atoms with E-state index in [0.717, 1.165) is 18.2 Å². The van der Waals surface area contributed by atoms with E-state index in [9.17, 15) is 47.9 Å². The summed E-state index contributed by atoms with van der Waals surface area (Å²) in [7, 11) is 3.60. The van der Waals surface area contributed by atoms with E-state index in [0.29, 0.717) is 13.2 Å². The summed E-state index contributed by atoms with van der Waals surface area (Å²) in [6, 6.07) is 17.2. The number of nitrogens with two attached hydrogens (primary N) is 1. The number of carboxylic acid groups (broad SMARTS) is 1. The fourth-order valence-electron chi connectivity index (χ4n) is 5.86. The molecule has 2 aromatic rings. The van der Waals surface area contributed by atoms with Crippen LogP contribution in [0.25, 0.3) is 0 Å². The first-order valence-electron chi connectivity index (χ1n) is 26.4. The van der Waals surface area contributed by atoms with Crippen LogP contribution in [0.15, 0.2) is 60.7 Å². The van der Waals surface area contributed by atoms with E-state index in [-0.39, 0.29) is 124 Å². The number of halogens is 1. The number of nitrogens with one attached hydrogen (secondary N) is 4. The molecule has 7 N–H and O–H groups in total. The van der Waals surface area contributed by atoms with Crippen molar-refractivity contribution in [2.24, 2.45) is 17.6 Å². The van der Waals surface area contributed by atoms with Crippen LogP contribution in [0.2, 0.25) is 0 Å². The third kappa shape index (κ3) is 47.8. The molecule has 482 valence electrons. The second-order valence-electron chi connectivity index (χ2n) is 19.3. The van der Waals surface area contributed by atoms with Crippen molar-refractivity contribution in [2.75, 3.05) is 100 Å². The fraction of sp³-hybridized carbons (Fsp3) is 0.600. The molecule has 0 unspecified atom stereocenters. The molecule has 2 aromatic carbocycles. The van der Waals surface area contributed by atoms with Crippen LogP contribution in [0, 0.1) is 11.8 Å². The molecule has 0 aliphatic heterocycles. The molecule has 0 bridgehead atoms. The Balaban J connectivity index is 0. The van der Waals surface area contributed by atoms with Crippen LogP contribution in [-0.4, -0.2) is 183 Å². The third-order valence-electron chi connectivity index (χ3n) is 9.87. The predicted molar refractivity (Wildman–Crippen MR) is 301 cm³/mol. The molecule has 29 nitrogen and oxygen atoms in total. The number of carboxylic acids is 1. The lowest BCUT2D eigenvalue weighted by molar-refractivity contribution is -0.155. The van der Waals surface area contributed by atoms with Gasteiger partial charge in [-0.1, -0.05) is 60.7 Å². The average Bonchev–Trinajstić information content (AvgIpc) is 3.54. The molecule has 85 heavy (non-hydrogen) atoms. The van der Waals surface area contributed by atoms with Crippen LogP contribution < -0.4 is 27.3 Å². The van der Waals surface area contributed by atoms with Gasteiger partial charge in [0.25, 0.3) is 0 Å². The third-order valence-corrected chi connectivity index (χ3v) is 9.87. The van der Waals surface area contributed by atoms with Crippen molar-refractivity contribution in [2.45, 2.75) is 104 Å². The molecule has 0 saturated heterocycles. The van der Waals surface area contributed by atoms with Gasteiger partial charge in [0.05, 0.1) is 137 Å². The fourth-order valence-corrected chi connectivity index (χ4v) is 5.86. The number of carbonyl (C=O) groups excluding carboxylic acids is 9. The molecular weight excluding hydrogens is 1150 g/mol. The summed E-state index contributed by atoms with van der Waals surface area (Å²) >= 11 is 0. The highest BCUT2D eigenvalue weighted by Gasteiger charge is 2.27. The maximum atomic E-state index is 12.5. The number of rotatable bonds is 37. The van der Waals surface area contributed by atoms with E-state index >= 15 is 0 Å². The van der Waals surface area contributed by atoms with Gasteiger partial charge in [-0.3, -0.25) is 48.0 Å². The number of benzene rings is 2. The van der Waals surface area contributed by atoms with Gasteiger partial charge in [0, 0.05) is 13.1 Å². The highest BCUT2D eigenvalue weighted by molar-refractivity contribution is 5.88. The zero-order valence-electron chi connectivity index (χ0n) is 49.8. The normalized spacial score (nSPS) is 11.7. The first-order chi connectivity index (χ1) is 39.8. The minimum atomic E-state index is -1.23. The van der Waals surface area contributed by atoms with Gasteiger partial charge in [-0.25, -0.2) is 9.59 Å². The Hall–Kier alpha value is -7.25. The van der Waals surface area contributed by atoms with Crippen molar-refractivity contribution in [1.82, 2.24) is 21.6 Å². The number of ether oxygens (including phenoxy) is 11. The summed E-state index contributed by atoms with van der Waals surface area (Å²) in [5.41, 5.74) is 10.3. The molecule has 2 rings (SSSR count). The number of hydroxylamine groups is 2. The summed E-state index contributed by atoms with van der Waals surface area (Å²) < 4.78 is 54.8. The lowest BCUT2D eigenvalue weighted by atomic mass is 10.0. The predicted octanol–water partition coefficient (Wildman–Crippen LogP) is 3.19. The van der Waals surface area contributed by atoms with Gasteiger partial charge in [0.2, 0.25) is 11.8 Å². The molecule has 3 atom stereocenters. The quantitative estimate of drug-likeness (QED) is 0.0245. The molecule has 0 aliphatic carbocycles. The highest BCUT2D eigenvalue weighted by atomic mass is 35.5. The molecular formula is C55H86ClN5O24. The summed E-state index contributed by atoms with van der Waals surface area (Å²) in [6.07, 6.45) is -2.75. The van der Waals surface area contributed by atoms with Crippen molar-refractivity contribution < 1.29 is 115 Å². The van der Waals surface area contributed by atoms with Crippen LogP contribution in [0.3, 0.4) is 0 Å². The van der Waals surface area contributed by atoms with Crippen LogP contribution >= 0.6 is 12.4 Å². The molecule has 0 saturated carbocycles. The SMILES string of the molecule is COC(=O)C[C@H](CC(=O)OCc1ccccc1)C(=O)NCCOCCOCCONC(=O)OC(C)(C)C.COC(=O)C[C@H](CC(=O)OCc1ccccc1)C(=O)O.COC(=O)C[C@H](N)C(=O)NCCOCCOCCONC(=O)OC(C)(C)C.Cl. The number of methoxy groups -OCH3 is 3. The van der Waals surface area contributed by atoms with Crippen LogP contribution in [0.4, 0.5) is 9.59 Å². The van der Waals surface area contributed by atoms with E-state index in [4.69, 9.17) is 58.4 Å². The standard InChI is InChI=1S/C25H38N2O10.C16H31N3O8.C14H16O6.ClH/c1-25(2,3)37-24(31)27-36-15-14-34-13-12-33-11-10-26-23(30)20(16-21(28)32-4)17-22(29)35-18-19-8-6-5-7-9-19;1-16(2,3)27-15(22)19-26-10-9-25-8-7-24-6-5-18-14(21)12(17)11-13(20)23-4;1-19-12(15)7-11(14(17)18)8-13(16)20-9-10-5-3-2-4-6-10;/h5-9,20H,10-18H2,1-4H3,(H,26,30)(H,27,31);12H,5-11,17H2,1-4H3,(H,18,21)(H,19,22);2-6,11H,7-9H2,1H3,(H,17,18);1H/t20-;12-;11-;/m101./s1. The van der Waals surface area contributed by atoms with Crippen molar-refractivity contribution in [1.29, 1.82) is 0 Å². The first kappa shape index (κ1) is 79.8. The smallest absolute Gasteiger partial charge is 0.431 e. The van der Waals surface area contributed by atoms with Crippen LogP contribution in [-0.2, 0) is 113 Å². The number of hydrogen-bond acceptors (Lipinski definition) is 24. The zero-order chi connectivity index (χ0) is 63.2. The van der Waals surface area contributed by atoms with Gasteiger partial charge >= 0.3 is 48.0 Å². The summed E-state index contributed by atoms with van der Waals surface area (Å²) in [4.78, 5) is 125. The van der Waals surface area contributed by atoms with Crippen LogP contribution in [0.5, 0.6) is 0 Å². The van der Waals surface area contributed by atoms with Gasteiger partial charge in [0.15, 0.2) is 0 Å². The van der Waals surface area contributed by atoms with E-state index in [1.165, 1.54) is 14.2 Å². The van der Waals surface area contributed by atoms with Gasteiger partial charge in [0.1, 0.15) is 24.4 Å². The Morgan fingerprint density at radius 3 is 1.16 bits per heavy atom. The zero-order valence-corrected chi connectivity index (χ0v) is 50.6. The maximum absolute atomic E-state index is 12.5. The number of hydrogen-bond donors (Lipinski definition) is 6. The van der Waals surface area contributed by atoms with Crippen LogP contribution in [0.1, 0.15) is 84.8 Å². The molecule has 0 fully saturated rings. The Morgan fingerprint density at radius 1 is 0.459 bits per heavy atom. The lowest BCUT2D eigenvalue weighted by Gasteiger charge is -2.19. The van der Waals surface area contributed by atoms with Crippen molar-refractivity contribution in [3.63, 3.8) is 0 Å². The number of amides is 4. The second-order valence-corrected chi connectivity index (χ2v) is 19.3. The minimum Gasteiger partial charge on any atom is -0.481 e. The van der Waals surface area contributed by atoms with Gasteiger partial charge in [-0.2, -0.15) is 11.0 Å². The Labute approximate surface area is 501 Å². The Morgan fingerprint density at radius 2 is 0.788 bits per heavy atom. The summed E-state index contributed by atoms with van der Waals surface area (Å²) in [5, 5.41) is 14.1. The Bertz CT molecular complexity index is 2240. The van der Waals surface area contributed by atoms with Crippen molar-refractivity contribution >= 4 is 72.2 Å². The molecule has 30 heteroatoms. The second kappa shape index (κ2) is 48.0. The lowest BCUT2D eigenvalue weighted by Crippen LogP contribution is -2.43. The monoisotopic (exact) mass is 1240 g/mol. The van der Waals surface area contributed by atoms with Crippen molar-refractivity contribution in [3.8, 4) is 0 Å². The minimum absolute atomic E-state index is 0. The largest absolute Gasteiger partial charge is 0.481 e. The van der Waals surface area contributed by atoms with Gasteiger partial charge in [-0.05, 0) is 52.7 Å². The Kier molecular flexibility index (Phi) is 45.1. The van der Waals surface area contributed by atoms with Gasteiger partial charge in [-0.15, -0.1) is 12.4 Å². The topological polar surface area (TPSA) is 385 Å². The summed E-state index contributed by atoms with van der Waals surface area (Å²) in [6.45, 7) is 13.5. The van der Waals surface area contributed by atoms with E-state index in [2.05, 4.69) is 35.8 Å². The molecule has 0 radical (unpaired) electrons.